The van der Waals surface area contributed by atoms with Gasteiger partial charge in [0, 0.05) is 0 Å². The summed E-state index contributed by atoms with van der Waals surface area (Å²) in [6, 6.07) is 5.27. The molecule has 0 aliphatic heterocycles. The molecular weight excluding hydrogens is 486 g/mol. The van der Waals surface area contributed by atoms with Crippen LogP contribution in [-0.2, 0) is 28.2 Å². The van der Waals surface area contributed by atoms with E-state index in [0.717, 1.165) is 0 Å². The Labute approximate surface area is 197 Å². The van der Waals surface area contributed by atoms with Gasteiger partial charge in [-0.3, -0.25) is 0 Å². The molecule has 1 aromatic rings. The molecule has 0 radical (unpaired) electrons. The monoisotopic (exact) mass is 530 g/mol. The van der Waals surface area contributed by atoms with E-state index in [1.807, 2.05) is 55.4 Å². The minimum atomic E-state index is -4.02. The zero-order chi connectivity index (χ0) is 24.9. The van der Waals surface area contributed by atoms with Crippen molar-refractivity contribution >= 4 is 33.9 Å². The Bertz CT molecular complexity index is 852. The van der Waals surface area contributed by atoms with Crippen LogP contribution in [0.4, 0.5) is 0 Å². The van der Waals surface area contributed by atoms with Crippen LogP contribution in [-0.4, -0.2) is 66.1 Å². The van der Waals surface area contributed by atoms with Crippen molar-refractivity contribution in [3.63, 3.8) is 0 Å². The maximum atomic E-state index is 13.2. The predicted octanol–water partition coefficient (Wildman–Crippen LogP) is 6.19. The number of rotatable bonds is 14. The summed E-state index contributed by atoms with van der Waals surface area (Å²) in [6.45, 7) is 10.2. The van der Waals surface area contributed by atoms with Gasteiger partial charge < -0.3 is 0 Å². The Morgan fingerprint density at radius 1 is 0.500 bits per heavy atom. The van der Waals surface area contributed by atoms with Crippen molar-refractivity contribution < 1.29 is 24.8 Å². The third-order valence-electron chi connectivity index (χ3n) is 8.42. The number of hydrogen-bond donors (Lipinski definition) is 0. The number of benzene rings is 1. The topological polar surface area (TPSA) is 86.7 Å². The maximum absolute atomic E-state index is 13.2. The second-order valence-corrected chi connectivity index (χ2v) is 25.2. The summed E-state index contributed by atoms with van der Waals surface area (Å²) in [5.74, 6) is 0. The summed E-state index contributed by atoms with van der Waals surface area (Å²) in [4.78, 5) is -0.0487. The van der Waals surface area contributed by atoms with Gasteiger partial charge in [0.2, 0.25) is 0 Å². The Balaban J connectivity index is 3.39. The van der Waals surface area contributed by atoms with Crippen LogP contribution in [0, 0.1) is 0 Å². The zero-order valence-electron chi connectivity index (χ0n) is 21.1. The van der Waals surface area contributed by atoms with Crippen LogP contribution in [0.5, 0.6) is 0 Å². The molecule has 6 nitrogen and oxygen atoms in total. The van der Waals surface area contributed by atoms with Gasteiger partial charge in [-0.05, 0) is 0 Å². The first-order valence-corrected chi connectivity index (χ1v) is 20.4. The fourth-order valence-corrected chi connectivity index (χ4v) is 19.3. The van der Waals surface area contributed by atoms with E-state index in [0.29, 0.717) is 49.3 Å². The molecule has 1 rings (SSSR count). The van der Waals surface area contributed by atoms with E-state index in [9.17, 15) is 16.8 Å². The van der Waals surface area contributed by atoms with E-state index in [4.69, 9.17) is 7.94 Å². The molecule has 10 heteroatoms. The SMILES string of the molecule is CCP(CC)(CC)(CC)OS(=O)(=O)c1ccc(S(=O)(=O)OP(CC)(CC)(CC)CC)cc1. The Kier molecular flexibility index (Phi) is 9.59. The second kappa shape index (κ2) is 10.3. The van der Waals surface area contributed by atoms with Gasteiger partial charge in [0.25, 0.3) is 0 Å². The van der Waals surface area contributed by atoms with Gasteiger partial charge in [-0.25, -0.2) is 0 Å². The van der Waals surface area contributed by atoms with E-state index in [-0.39, 0.29) is 9.79 Å². The molecule has 0 heterocycles. The zero-order valence-corrected chi connectivity index (χ0v) is 24.5. The molecule has 32 heavy (non-hydrogen) atoms. The molecule has 0 aromatic heterocycles. The third kappa shape index (κ3) is 5.42. The summed E-state index contributed by atoms with van der Waals surface area (Å²) >= 11 is 0. The van der Waals surface area contributed by atoms with Gasteiger partial charge in [-0.1, -0.05) is 0 Å². The fourth-order valence-electron chi connectivity index (χ4n) is 4.52. The molecule has 0 saturated heterocycles. The number of hydrogen-bond acceptors (Lipinski definition) is 6. The Morgan fingerprint density at radius 2 is 0.688 bits per heavy atom. The van der Waals surface area contributed by atoms with Gasteiger partial charge in [0.15, 0.2) is 0 Å². The summed E-state index contributed by atoms with van der Waals surface area (Å²) in [5.41, 5.74) is 0. The summed E-state index contributed by atoms with van der Waals surface area (Å²) < 4.78 is 64.6. The van der Waals surface area contributed by atoms with Crippen LogP contribution in [0.3, 0.4) is 0 Å². The molecule has 0 spiro atoms. The quantitative estimate of drug-likeness (QED) is 0.267. The first-order valence-electron chi connectivity index (χ1n) is 11.8. The molecule has 0 unspecified atom stereocenters. The van der Waals surface area contributed by atoms with E-state index >= 15 is 0 Å². The van der Waals surface area contributed by atoms with Gasteiger partial charge in [-0.2, -0.15) is 0 Å². The van der Waals surface area contributed by atoms with Crippen LogP contribution in [0.2, 0.25) is 0 Å². The molecule has 0 saturated carbocycles. The average molecular weight is 531 g/mol. The van der Waals surface area contributed by atoms with Crippen molar-refractivity contribution in [2.75, 3.05) is 49.3 Å². The van der Waals surface area contributed by atoms with Crippen LogP contribution >= 0.6 is 13.7 Å². The fraction of sp³-hybridized carbons (Fsp3) is 0.727. The summed E-state index contributed by atoms with van der Waals surface area (Å²) in [6.07, 6.45) is 5.47. The molecule has 0 N–H and O–H groups in total. The molecule has 190 valence electrons. The van der Waals surface area contributed by atoms with Crippen molar-refractivity contribution in [1.29, 1.82) is 0 Å². The molecule has 0 amide bonds. The van der Waals surface area contributed by atoms with Crippen LogP contribution in [0.1, 0.15) is 55.4 Å². The van der Waals surface area contributed by atoms with Gasteiger partial charge in [0.05, 0.1) is 0 Å². The molecular formula is C22H44O6P2S2. The Hall–Kier alpha value is -0.100. The molecule has 0 aliphatic carbocycles. The van der Waals surface area contributed by atoms with Crippen LogP contribution < -0.4 is 0 Å². The summed E-state index contributed by atoms with van der Waals surface area (Å²) in [5, 5.41) is 0. The average Bonchev–Trinajstić information content (AvgIpc) is 2.82. The van der Waals surface area contributed by atoms with Crippen molar-refractivity contribution in [2.24, 2.45) is 0 Å². The normalized spacial score (nSPS) is 16.1. The van der Waals surface area contributed by atoms with Crippen molar-refractivity contribution in [3.05, 3.63) is 24.3 Å². The first-order chi connectivity index (χ1) is 14.7. The van der Waals surface area contributed by atoms with E-state index in [2.05, 4.69) is 0 Å². The van der Waals surface area contributed by atoms with Gasteiger partial charge >= 0.3 is 197 Å². The minimum absolute atomic E-state index is 0.0243. The summed E-state index contributed by atoms with van der Waals surface area (Å²) in [7, 11) is -8.04. The molecule has 1 aromatic carbocycles. The van der Waals surface area contributed by atoms with Crippen molar-refractivity contribution in [3.8, 4) is 0 Å². The second-order valence-electron chi connectivity index (χ2n) is 8.77. The van der Waals surface area contributed by atoms with Gasteiger partial charge in [0.1, 0.15) is 0 Å². The molecule has 0 atom stereocenters. The molecule has 0 bridgehead atoms. The van der Waals surface area contributed by atoms with E-state index < -0.39 is 33.9 Å². The molecule has 0 fully saturated rings. The van der Waals surface area contributed by atoms with Crippen LogP contribution in [0.25, 0.3) is 0 Å². The van der Waals surface area contributed by atoms with Gasteiger partial charge in [-0.15, -0.1) is 0 Å². The standard InChI is InChI=1S/C22H44O6P2S2/c1-9-29(10-2,11-3,12-4)27-31(23,24)21-17-19-22(20-18-21)32(25,26)28-30(13-5,14-6,15-7)16-8/h17-20H,9-16H2,1-8H3. The molecule has 0 aliphatic rings. The first kappa shape index (κ1) is 29.9. The van der Waals surface area contributed by atoms with Crippen LogP contribution in [0.15, 0.2) is 34.1 Å². The Morgan fingerprint density at radius 3 is 0.844 bits per heavy atom. The third-order valence-corrected chi connectivity index (χ3v) is 27.9. The predicted molar refractivity (Wildman–Crippen MR) is 141 cm³/mol. The van der Waals surface area contributed by atoms with Crippen molar-refractivity contribution in [1.82, 2.24) is 0 Å². The van der Waals surface area contributed by atoms with E-state index in [1.165, 1.54) is 24.3 Å². The van der Waals surface area contributed by atoms with E-state index in [1.54, 1.807) is 0 Å². The van der Waals surface area contributed by atoms with Crippen molar-refractivity contribution in [2.45, 2.75) is 65.2 Å².